The monoisotopic (exact) mass is 292 g/mol. The molecule has 0 aromatic heterocycles. The van der Waals surface area contributed by atoms with Crippen molar-refractivity contribution in [2.24, 2.45) is 0 Å². The smallest absolute Gasteiger partial charge is 0.199 e. The maximum Gasteiger partial charge on any atom is 0.199 e. The highest BCUT2D eigenvalue weighted by atomic mass is 19.1. The Morgan fingerprint density at radius 1 is 1.10 bits per heavy atom. The number of carbonyl (C=O) groups excluding carboxylic acids is 3. The SMILES string of the molecule is CC(=O)[C@@]1(O)[C@](O)(C(C)=O)CO[C@H](CF)[C@]1(O)C(C)=O. The molecule has 0 spiro atoms. The second kappa shape index (κ2) is 4.96. The molecular weight excluding hydrogens is 275 g/mol. The standard InChI is InChI=1S/C12H17FO7/c1-6(14)10(17)5-20-9(4-13)11(18,7(2)15)12(10,19)8(3)16/h9,17-19H,4-5H2,1-3H3/t9-,10-,11-,12-/m1/s1. The van der Waals surface area contributed by atoms with Crippen LogP contribution in [0, 0.1) is 0 Å². The van der Waals surface area contributed by atoms with Gasteiger partial charge in [-0.2, -0.15) is 0 Å². The van der Waals surface area contributed by atoms with E-state index in [0.29, 0.717) is 0 Å². The van der Waals surface area contributed by atoms with Gasteiger partial charge < -0.3 is 20.1 Å². The van der Waals surface area contributed by atoms with Gasteiger partial charge in [0.25, 0.3) is 0 Å². The average molecular weight is 292 g/mol. The van der Waals surface area contributed by atoms with E-state index in [0.717, 1.165) is 20.8 Å². The van der Waals surface area contributed by atoms with Crippen LogP contribution >= 0.6 is 0 Å². The number of hydrogen-bond acceptors (Lipinski definition) is 7. The third-order valence-corrected chi connectivity index (χ3v) is 3.88. The lowest BCUT2D eigenvalue weighted by atomic mass is 9.62. The minimum Gasteiger partial charge on any atom is -0.376 e. The van der Waals surface area contributed by atoms with Gasteiger partial charge in [0.2, 0.25) is 0 Å². The first-order valence-corrected chi connectivity index (χ1v) is 5.88. The van der Waals surface area contributed by atoms with Gasteiger partial charge in [0.05, 0.1) is 6.61 Å². The van der Waals surface area contributed by atoms with Crippen LogP contribution in [0.5, 0.6) is 0 Å². The minimum absolute atomic E-state index is 0.780. The van der Waals surface area contributed by atoms with Crippen LogP contribution < -0.4 is 0 Å². The zero-order chi connectivity index (χ0) is 15.9. The molecule has 114 valence electrons. The number of rotatable bonds is 4. The van der Waals surface area contributed by atoms with Crippen LogP contribution in [0.2, 0.25) is 0 Å². The highest BCUT2D eigenvalue weighted by molar-refractivity contribution is 6.05. The van der Waals surface area contributed by atoms with E-state index in [4.69, 9.17) is 4.74 Å². The molecule has 1 heterocycles. The normalized spacial score (nSPS) is 41.2. The van der Waals surface area contributed by atoms with Crippen molar-refractivity contribution in [3.8, 4) is 0 Å². The van der Waals surface area contributed by atoms with Gasteiger partial charge in [0.1, 0.15) is 12.8 Å². The van der Waals surface area contributed by atoms with E-state index in [9.17, 15) is 34.1 Å². The molecule has 8 heteroatoms. The predicted octanol–water partition coefficient (Wildman–Crippen LogP) is -1.68. The largest absolute Gasteiger partial charge is 0.376 e. The topological polar surface area (TPSA) is 121 Å². The Morgan fingerprint density at radius 2 is 1.60 bits per heavy atom. The number of halogens is 1. The quantitative estimate of drug-likeness (QED) is 0.565. The maximum absolute atomic E-state index is 13.0. The molecule has 0 unspecified atom stereocenters. The van der Waals surface area contributed by atoms with Crippen molar-refractivity contribution in [1.29, 1.82) is 0 Å². The molecular formula is C12H17FO7. The van der Waals surface area contributed by atoms with Crippen LogP contribution in [0.25, 0.3) is 0 Å². The Morgan fingerprint density at radius 3 is 1.90 bits per heavy atom. The third kappa shape index (κ3) is 1.76. The number of aliphatic hydroxyl groups is 3. The first-order valence-electron chi connectivity index (χ1n) is 5.88. The average Bonchev–Trinajstić information content (AvgIpc) is 2.35. The van der Waals surface area contributed by atoms with Crippen molar-refractivity contribution >= 4 is 17.3 Å². The summed E-state index contributed by atoms with van der Waals surface area (Å²) in [5.41, 5.74) is -9.09. The van der Waals surface area contributed by atoms with E-state index in [-0.39, 0.29) is 0 Å². The molecule has 0 aromatic carbocycles. The third-order valence-electron chi connectivity index (χ3n) is 3.88. The van der Waals surface area contributed by atoms with E-state index in [2.05, 4.69) is 0 Å². The fourth-order valence-corrected chi connectivity index (χ4v) is 2.55. The van der Waals surface area contributed by atoms with Crippen LogP contribution in [0.4, 0.5) is 4.39 Å². The van der Waals surface area contributed by atoms with Gasteiger partial charge in [-0.05, 0) is 20.8 Å². The molecule has 1 saturated heterocycles. The Hall–Kier alpha value is -1.22. The van der Waals surface area contributed by atoms with Gasteiger partial charge in [-0.15, -0.1) is 0 Å². The van der Waals surface area contributed by atoms with Crippen LogP contribution in [0.3, 0.4) is 0 Å². The van der Waals surface area contributed by atoms with Gasteiger partial charge in [-0.3, -0.25) is 14.4 Å². The summed E-state index contributed by atoms with van der Waals surface area (Å²) in [6, 6.07) is 0. The van der Waals surface area contributed by atoms with E-state index in [1.165, 1.54) is 0 Å². The van der Waals surface area contributed by atoms with Crippen molar-refractivity contribution in [3.63, 3.8) is 0 Å². The molecule has 0 saturated carbocycles. The lowest BCUT2D eigenvalue weighted by molar-refractivity contribution is -0.296. The van der Waals surface area contributed by atoms with Gasteiger partial charge in [-0.1, -0.05) is 0 Å². The van der Waals surface area contributed by atoms with Gasteiger partial charge in [0.15, 0.2) is 34.2 Å². The number of Topliss-reactive ketones (excluding diaryl/α,β-unsaturated/α-hetero) is 3. The predicted molar refractivity (Wildman–Crippen MR) is 62.6 cm³/mol. The summed E-state index contributed by atoms with van der Waals surface area (Å²) >= 11 is 0. The zero-order valence-corrected chi connectivity index (χ0v) is 11.3. The second-order valence-corrected chi connectivity index (χ2v) is 4.96. The van der Waals surface area contributed by atoms with Gasteiger partial charge in [0, 0.05) is 0 Å². The summed E-state index contributed by atoms with van der Waals surface area (Å²) in [6.07, 6.45) is -1.87. The van der Waals surface area contributed by atoms with Crippen molar-refractivity contribution in [2.45, 2.75) is 43.7 Å². The number of alkyl halides is 1. The summed E-state index contributed by atoms with van der Waals surface area (Å²) in [5, 5.41) is 31.1. The van der Waals surface area contributed by atoms with Gasteiger partial charge in [-0.25, -0.2) is 4.39 Å². The molecule has 4 atom stereocenters. The summed E-state index contributed by atoms with van der Waals surface area (Å²) in [7, 11) is 0. The van der Waals surface area contributed by atoms with Crippen molar-refractivity contribution in [1.82, 2.24) is 0 Å². The molecule has 1 aliphatic rings. The Kier molecular flexibility index (Phi) is 4.17. The first kappa shape index (κ1) is 16.8. The fraction of sp³-hybridized carbons (Fsp3) is 0.750. The molecule has 0 amide bonds. The Labute approximate surface area is 114 Å². The molecule has 0 bridgehead atoms. The summed E-state index contributed by atoms with van der Waals surface area (Å²) in [6.45, 7) is 0.129. The molecule has 0 radical (unpaired) electrons. The van der Waals surface area contributed by atoms with Crippen LogP contribution in [0.1, 0.15) is 20.8 Å². The lowest BCUT2D eigenvalue weighted by Gasteiger charge is -2.54. The van der Waals surface area contributed by atoms with Crippen molar-refractivity contribution < 1.29 is 38.8 Å². The molecule has 1 rings (SSSR count). The lowest BCUT2D eigenvalue weighted by Crippen LogP contribution is -2.83. The minimum atomic E-state index is -3.19. The molecule has 0 aliphatic carbocycles. The van der Waals surface area contributed by atoms with Gasteiger partial charge >= 0.3 is 0 Å². The van der Waals surface area contributed by atoms with E-state index < -0.39 is 53.5 Å². The molecule has 0 aromatic rings. The number of carbonyl (C=O) groups is 3. The van der Waals surface area contributed by atoms with E-state index in [1.54, 1.807) is 0 Å². The molecule has 3 N–H and O–H groups in total. The zero-order valence-electron chi connectivity index (χ0n) is 11.3. The van der Waals surface area contributed by atoms with E-state index in [1.807, 2.05) is 0 Å². The summed E-state index contributed by atoms with van der Waals surface area (Å²) in [4.78, 5) is 35.0. The number of ketones is 3. The fourth-order valence-electron chi connectivity index (χ4n) is 2.55. The number of hydrogen-bond donors (Lipinski definition) is 3. The molecule has 20 heavy (non-hydrogen) atoms. The van der Waals surface area contributed by atoms with E-state index >= 15 is 0 Å². The molecule has 7 nitrogen and oxygen atoms in total. The highest BCUT2D eigenvalue weighted by Crippen LogP contribution is 2.43. The number of ether oxygens (including phenoxy) is 1. The maximum atomic E-state index is 13.0. The Bertz CT molecular complexity index is 465. The summed E-state index contributed by atoms with van der Waals surface area (Å²) < 4.78 is 17.8. The van der Waals surface area contributed by atoms with Crippen LogP contribution in [0.15, 0.2) is 0 Å². The highest BCUT2D eigenvalue weighted by Gasteiger charge is 2.75. The van der Waals surface area contributed by atoms with Crippen LogP contribution in [-0.4, -0.2) is 68.9 Å². The molecule has 1 fully saturated rings. The molecule has 1 aliphatic heterocycles. The van der Waals surface area contributed by atoms with Crippen LogP contribution in [-0.2, 0) is 19.1 Å². The second-order valence-electron chi connectivity index (χ2n) is 4.96. The Balaban J connectivity index is 3.67. The summed E-state index contributed by atoms with van der Waals surface area (Å²) in [5.74, 6) is -3.53. The van der Waals surface area contributed by atoms with Crippen molar-refractivity contribution in [2.75, 3.05) is 13.3 Å². The van der Waals surface area contributed by atoms with Crippen molar-refractivity contribution in [3.05, 3.63) is 0 Å². The first-order chi connectivity index (χ1) is 9.00.